The number of aromatic nitrogens is 2. The van der Waals surface area contributed by atoms with Gasteiger partial charge in [-0.3, -0.25) is 14.7 Å². The first-order valence-corrected chi connectivity index (χ1v) is 14.2. The lowest BCUT2D eigenvalue weighted by molar-refractivity contribution is -0.134. The minimum absolute atomic E-state index is 0.0959. The van der Waals surface area contributed by atoms with Gasteiger partial charge in [0.1, 0.15) is 5.82 Å². The van der Waals surface area contributed by atoms with Gasteiger partial charge < -0.3 is 25.8 Å². The van der Waals surface area contributed by atoms with Crippen molar-refractivity contribution in [2.45, 2.75) is 50.6 Å². The zero-order valence-corrected chi connectivity index (χ0v) is 22.6. The van der Waals surface area contributed by atoms with Gasteiger partial charge in [-0.05, 0) is 81.9 Å². The summed E-state index contributed by atoms with van der Waals surface area (Å²) in [5.74, 6) is 0.331. The van der Waals surface area contributed by atoms with Crippen LogP contribution in [0.4, 0.5) is 10.6 Å². The summed E-state index contributed by atoms with van der Waals surface area (Å²) in [6, 6.07) is 9.49. The number of carbonyl (C=O) groups is 2. The van der Waals surface area contributed by atoms with Gasteiger partial charge in [0.2, 0.25) is 5.91 Å². The van der Waals surface area contributed by atoms with E-state index in [0.717, 1.165) is 70.4 Å². The molecule has 2 aromatic rings. The topological polar surface area (TPSA) is 129 Å². The molecular weight excluding hydrogens is 496 g/mol. The zero-order valence-electron chi connectivity index (χ0n) is 22.6. The molecule has 2 unspecified atom stereocenters. The molecular formula is C28H40N8O3. The molecule has 1 aromatic carbocycles. The highest BCUT2D eigenvalue weighted by Gasteiger charge is 2.30. The number of hydrogen-bond acceptors (Lipinski definition) is 7. The van der Waals surface area contributed by atoms with Crippen LogP contribution in [-0.2, 0) is 11.2 Å². The van der Waals surface area contributed by atoms with E-state index >= 15 is 0 Å². The first-order chi connectivity index (χ1) is 19.0. The molecule has 2 atom stereocenters. The lowest BCUT2D eigenvalue weighted by atomic mass is 10.1. The van der Waals surface area contributed by atoms with Crippen molar-refractivity contribution in [1.82, 2.24) is 29.6 Å². The number of benzene rings is 1. The molecule has 5 rings (SSSR count). The number of rotatable bonds is 6. The fraction of sp³-hybridized carbons (Fsp3) is 0.571. The summed E-state index contributed by atoms with van der Waals surface area (Å²) in [7, 11) is 0. The SMILES string of the molecule is NC1CCCN(CCc2ccc(-n3ccc(NC(=O)N4CCN(C(=O)C5CCCN5)CC4)nc3=O)cc2)CC1. The molecule has 11 heteroatoms. The predicted molar refractivity (Wildman–Crippen MR) is 150 cm³/mol. The van der Waals surface area contributed by atoms with E-state index in [9.17, 15) is 14.4 Å². The van der Waals surface area contributed by atoms with Crippen LogP contribution in [0.25, 0.3) is 5.69 Å². The average molecular weight is 537 g/mol. The average Bonchev–Trinajstić information content (AvgIpc) is 3.41. The maximum Gasteiger partial charge on any atom is 0.354 e. The number of likely N-dealkylation sites (tertiary alicyclic amines) is 1. The Labute approximate surface area is 229 Å². The number of carbonyl (C=O) groups excluding carboxylic acids is 2. The van der Waals surface area contributed by atoms with Crippen molar-refractivity contribution in [2.24, 2.45) is 5.73 Å². The van der Waals surface area contributed by atoms with Crippen molar-refractivity contribution in [3.8, 4) is 5.69 Å². The summed E-state index contributed by atoms with van der Waals surface area (Å²) in [5, 5.41) is 5.97. The molecule has 4 heterocycles. The van der Waals surface area contributed by atoms with Crippen LogP contribution < -0.4 is 22.1 Å². The number of anilines is 1. The molecule has 3 aliphatic rings. The maximum absolute atomic E-state index is 12.8. The van der Waals surface area contributed by atoms with E-state index in [0.29, 0.717) is 32.2 Å². The highest BCUT2D eigenvalue weighted by Crippen LogP contribution is 2.14. The Morgan fingerprint density at radius 2 is 1.72 bits per heavy atom. The van der Waals surface area contributed by atoms with Crippen molar-refractivity contribution in [3.63, 3.8) is 0 Å². The van der Waals surface area contributed by atoms with Crippen molar-refractivity contribution in [3.05, 3.63) is 52.6 Å². The number of urea groups is 1. The Balaban J connectivity index is 1.11. The van der Waals surface area contributed by atoms with E-state index in [-0.39, 0.29) is 23.8 Å². The van der Waals surface area contributed by atoms with Gasteiger partial charge >= 0.3 is 11.7 Å². The van der Waals surface area contributed by atoms with Gasteiger partial charge in [-0.15, -0.1) is 0 Å². The molecule has 0 radical (unpaired) electrons. The third-order valence-electron chi connectivity index (χ3n) is 8.07. The van der Waals surface area contributed by atoms with Crippen LogP contribution in [0.3, 0.4) is 0 Å². The third kappa shape index (κ3) is 7.03. The number of amides is 3. The Kier molecular flexibility index (Phi) is 8.90. The molecule has 0 spiro atoms. The van der Waals surface area contributed by atoms with Crippen molar-refractivity contribution >= 4 is 17.8 Å². The lowest BCUT2D eigenvalue weighted by Gasteiger charge is -2.35. The minimum Gasteiger partial charge on any atom is -0.338 e. The van der Waals surface area contributed by atoms with Crippen molar-refractivity contribution < 1.29 is 9.59 Å². The van der Waals surface area contributed by atoms with Gasteiger partial charge in [-0.1, -0.05) is 12.1 Å². The van der Waals surface area contributed by atoms with Crippen LogP contribution in [0.2, 0.25) is 0 Å². The fourth-order valence-corrected chi connectivity index (χ4v) is 5.62. The van der Waals surface area contributed by atoms with E-state index in [2.05, 4.69) is 20.5 Å². The Bertz CT molecular complexity index is 1190. The molecule has 4 N–H and O–H groups in total. The van der Waals surface area contributed by atoms with Crippen LogP contribution in [0.15, 0.2) is 41.3 Å². The molecule has 3 saturated heterocycles. The second kappa shape index (κ2) is 12.7. The molecule has 11 nitrogen and oxygen atoms in total. The second-order valence-electron chi connectivity index (χ2n) is 10.8. The number of hydrogen-bond donors (Lipinski definition) is 3. The zero-order chi connectivity index (χ0) is 27.2. The van der Waals surface area contributed by atoms with Gasteiger partial charge in [-0.25, -0.2) is 9.59 Å². The third-order valence-corrected chi connectivity index (χ3v) is 8.07. The summed E-state index contributed by atoms with van der Waals surface area (Å²) in [6.45, 7) is 5.93. The van der Waals surface area contributed by atoms with Crippen LogP contribution >= 0.6 is 0 Å². The highest BCUT2D eigenvalue weighted by molar-refractivity contribution is 5.88. The van der Waals surface area contributed by atoms with E-state index in [4.69, 9.17) is 5.73 Å². The Morgan fingerprint density at radius 1 is 0.949 bits per heavy atom. The van der Waals surface area contributed by atoms with Gasteiger partial charge in [0.15, 0.2) is 0 Å². The van der Waals surface area contributed by atoms with E-state index in [1.807, 2.05) is 29.2 Å². The molecule has 1 aromatic heterocycles. The number of nitrogens with one attached hydrogen (secondary N) is 2. The quantitative estimate of drug-likeness (QED) is 0.503. The number of nitrogens with zero attached hydrogens (tertiary/aromatic N) is 5. The maximum atomic E-state index is 12.8. The first kappa shape index (κ1) is 27.3. The number of nitrogens with two attached hydrogens (primary N) is 1. The van der Waals surface area contributed by atoms with Crippen LogP contribution in [-0.4, -0.2) is 101 Å². The van der Waals surface area contributed by atoms with Gasteiger partial charge in [0.05, 0.1) is 11.7 Å². The van der Waals surface area contributed by atoms with Gasteiger partial charge in [-0.2, -0.15) is 4.98 Å². The fourth-order valence-electron chi connectivity index (χ4n) is 5.62. The van der Waals surface area contributed by atoms with Crippen LogP contribution in [0, 0.1) is 0 Å². The largest absolute Gasteiger partial charge is 0.354 e. The first-order valence-electron chi connectivity index (χ1n) is 14.2. The molecule has 39 heavy (non-hydrogen) atoms. The normalized spacial score (nSPS) is 22.5. The highest BCUT2D eigenvalue weighted by atomic mass is 16.2. The van der Waals surface area contributed by atoms with E-state index in [1.165, 1.54) is 10.1 Å². The van der Waals surface area contributed by atoms with Crippen molar-refractivity contribution in [2.75, 3.05) is 57.7 Å². The summed E-state index contributed by atoms with van der Waals surface area (Å²) in [4.78, 5) is 48.1. The Hall–Kier alpha value is -3.28. The smallest absolute Gasteiger partial charge is 0.338 e. The monoisotopic (exact) mass is 536 g/mol. The molecule has 210 valence electrons. The van der Waals surface area contributed by atoms with E-state index in [1.54, 1.807) is 17.2 Å². The lowest BCUT2D eigenvalue weighted by Crippen LogP contribution is -2.55. The van der Waals surface area contributed by atoms with E-state index < -0.39 is 5.69 Å². The standard InChI is InChI=1S/C28H40N8O3/c29-22-3-2-13-33(15-10-22)14-9-21-5-7-23(8-6-21)36-16-11-25(32-28(36)39)31-27(38)35-19-17-34(18-20-35)26(37)24-4-1-12-30-24/h5-8,11,16,22,24,30H,1-4,9-10,12-15,17-20,29H2,(H,31,32,38,39). The summed E-state index contributed by atoms with van der Waals surface area (Å²) in [6.07, 6.45) is 7.79. The van der Waals surface area contributed by atoms with Gasteiger partial charge in [0.25, 0.3) is 0 Å². The molecule has 3 aliphatic heterocycles. The molecule has 0 aliphatic carbocycles. The Morgan fingerprint density at radius 3 is 2.44 bits per heavy atom. The number of piperazine rings is 1. The molecule has 0 saturated carbocycles. The van der Waals surface area contributed by atoms with Crippen LogP contribution in [0.5, 0.6) is 0 Å². The predicted octanol–water partition coefficient (Wildman–Crippen LogP) is 1.02. The summed E-state index contributed by atoms with van der Waals surface area (Å²) in [5.41, 5.74) is 7.58. The van der Waals surface area contributed by atoms with Crippen molar-refractivity contribution in [1.29, 1.82) is 0 Å². The summed E-state index contributed by atoms with van der Waals surface area (Å²) < 4.78 is 1.47. The second-order valence-corrected chi connectivity index (χ2v) is 10.8. The molecule has 3 amide bonds. The van der Waals surface area contributed by atoms with Gasteiger partial charge in [0, 0.05) is 45.0 Å². The molecule has 3 fully saturated rings. The van der Waals surface area contributed by atoms with Crippen LogP contribution in [0.1, 0.15) is 37.7 Å². The summed E-state index contributed by atoms with van der Waals surface area (Å²) >= 11 is 0. The minimum atomic E-state index is -0.457. The molecule has 0 bridgehead atoms.